The molecule has 4 aliphatic carbocycles. The molecule has 4 aliphatic rings. The Bertz CT molecular complexity index is 598. The first-order valence-corrected chi connectivity index (χ1v) is 13.0. The van der Waals surface area contributed by atoms with Crippen molar-refractivity contribution in [3.05, 3.63) is 0 Å². The maximum atomic E-state index is 11.0. The van der Waals surface area contributed by atoms with E-state index in [0.29, 0.717) is 17.9 Å². The van der Waals surface area contributed by atoms with Crippen LogP contribution in [0.4, 0.5) is 0 Å². The highest BCUT2D eigenvalue weighted by Crippen LogP contribution is 2.66. The van der Waals surface area contributed by atoms with Gasteiger partial charge in [0.2, 0.25) is 0 Å². The number of rotatable bonds is 6. The van der Waals surface area contributed by atoms with E-state index in [1.54, 1.807) is 7.11 Å². The lowest BCUT2D eigenvalue weighted by atomic mass is 9.48. The van der Waals surface area contributed by atoms with Crippen LogP contribution in [0.3, 0.4) is 0 Å². The zero-order chi connectivity index (χ0) is 21.7. The Labute approximate surface area is 192 Å². The van der Waals surface area contributed by atoms with Gasteiger partial charge in [0.05, 0.1) is 17.8 Å². The smallest absolute Gasteiger partial charge is 0.0882 e. The van der Waals surface area contributed by atoms with Crippen LogP contribution in [0.15, 0.2) is 0 Å². The second kappa shape index (κ2) is 9.26. The molecule has 4 saturated carbocycles. The lowest BCUT2D eigenvalue weighted by Crippen LogP contribution is -2.52. The van der Waals surface area contributed by atoms with Crippen LogP contribution in [-0.4, -0.2) is 35.1 Å². The summed E-state index contributed by atoms with van der Waals surface area (Å²) in [6, 6.07) is 0. The standard InChI is InChI=1S/C27H48O3.CH4/c1-18(10-13-25(2,3)28)23-8-9-24-22-7-6-19-16-27(29,17-30-5)15-12-20(19)21(22)11-14-26(23,24)4;/h18-24,28-29H,6-17H2,1-5H3;1H4/t18-,19+,20+,21-,22-,23-,24+,26-,27-;/m1./s1. The number of ether oxygens (including phenoxy) is 1. The molecule has 0 aromatic heterocycles. The van der Waals surface area contributed by atoms with Crippen molar-refractivity contribution in [3.8, 4) is 0 Å². The molecule has 3 heteroatoms. The van der Waals surface area contributed by atoms with Crippen molar-refractivity contribution in [1.29, 1.82) is 0 Å². The largest absolute Gasteiger partial charge is 0.390 e. The Balaban J connectivity index is 0.00000272. The third-order valence-electron chi connectivity index (χ3n) is 10.5. The predicted octanol–water partition coefficient (Wildman–Crippen LogP) is 6.46. The average Bonchev–Trinajstić information content (AvgIpc) is 3.02. The van der Waals surface area contributed by atoms with Crippen molar-refractivity contribution < 1.29 is 14.9 Å². The fourth-order valence-electron chi connectivity index (χ4n) is 9.12. The van der Waals surface area contributed by atoms with Gasteiger partial charge in [-0.05, 0) is 131 Å². The van der Waals surface area contributed by atoms with Crippen LogP contribution in [0.5, 0.6) is 0 Å². The summed E-state index contributed by atoms with van der Waals surface area (Å²) < 4.78 is 5.35. The summed E-state index contributed by atoms with van der Waals surface area (Å²) >= 11 is 0. The average molecular weight is 437 g/mol. The fraction of sp³-hybridized carbons (Fsp3) is 1.00. The lowest BCUT2D eigenvalue weighted by molar-refractivity contribution is -0.126. The second-order valence-corrected chi connectivity index (χ2v) is 12.9. The van der Waals surface area contributed by atoms with E-state index in [1.807, 2.05) is 13.8 Å². The number of fused-ring (bicyclic) bond motifs is 5. The highest BCUT2D eigenvalue weighted by atomic mass is 16.5. The molecular formula is C28H52O3. The second-order valence-electron chi connectivity index (χ2n) is 12.9. The number of aliphatic hydroxyl groups is 2. The van der Waals surface area contributed by atoms with Crippen molar-refractivity contribution >= 4 is 0 Å². The van der Waals surface area contributed by atoms with Crippen LogP contribution >= 0.6 is 0 Å². The zero-order valence-corrected chi connectivity index (χ0v) is 20.3. The molecule has 0 amide bonds. The Kier molecular flexibility index (Phi) is 7.62. The van der Waals surface area contributed by atoms with E-state index >= 15 is 0 Å². The van der Waals surface area contributed by atoms with Crippen LogP contribution in [0.1, 0.15) is 106 Å². The predicted molar refractivity (Wildman–Crippen MR) is 129 cm³/mol. The minimum atomic E-state index is -0.569. The highest BCUT2D eigenvalue weighted by molar-refractivity contribution is 5.07. The van der Waals surface area contributed by atoms with Gasteiger partial charge >= 0.3 is 0 Å². The maximum Gasteiger partial charge on any atom is 0.0882 e. The van der Waals surface area contributed by atoms with Crippen LogP contribution in [0.2, 0.25) is 0 Å². The lowest BCUT2D eigenvalue weighted by Gasteiger charge is -2.57. The third-order valence-corrected chi connectivity index (χ3v) is 10.5. The Morgan fingerprint density at radius 3 is 2.39 bits per heavy atom. The first-order valence-electron chi connectivity index (χ1n) is 13.0. The first kappa shape index (κ1) is 25.5. The maximum absolute atomic E-state index is 11.0. The summed E-state index contributed by atoms with van der Waals surface area (Å²) in [6.07, 6.45) is 13.6. The fourth-order valence-corrected chi connectivity index (χ4v) is 9.12. The topological polar surface area (TPSA) is 49.7 Å². The van der Waals surface area contributed by atoms with E-state index in [-0.39, 0.29) is 7.43 Å². The normalized spacial score (nSPS) is 45.8. The quantitative estimate of drug-likeness (QED) is 0.502. The zero-order valence-electron chi connectivity index (χ0n) is 20.3. The molecule has 2 N–H and O–H groups in total. The van der Waals surface area contributed by atoms with Gasteiger partial charge in [-0.2, -0.15) is 0 Å². The monoisotopic (exact) mass is 436 g/mol. The van der Waals surface area contributed by atoms with E-state index in [9.17, 15) is 10.2 Å². The van der Waals surface area contributed by atoms with Gasteiger partial charge in [0.15, 0.2) is 0 Å². The summed E-state index contributed by atoms with van der Waals surface area (Å²) in [4.78, 5) is 0. The summed E-state index contributed by atoms with van der Waals surface area (Å²) in [5.41, 5.74) is -0.590. The first-order chi connectivity index (χ1) is 14.1. The van der Waals surface area contributed by atoms with Crippen molar-refractivity contribution in [2.75, 3.05) is 13.7 Å². The number of hydrogen-bond acceptors (Lipinski definition) is 3. The van der Waals surface area contributed by atoms with E-state index in [4.69, 9.17) is 4.74 Å². The van der Waals surface area contributed by atoms with E-state index in [1.165, 1.54) is 44.9 Å². The van der Waals surface area contributed by atoms with Gasteiger partial charge in [-0.25, -0.2) is 0 Å². The van der Waals surface area contributed by atoms with Crippen LogP contribution in [0, 0.1) is 46.8 Å². The summed E-state index contributed by atoms with van der Waals surface area (Å²) in [7, 11) is 1.72. The van der Waals surface area contributed by atoms with E-state index in [2.05, 4.69) is 13.8 Å². The number of hydrogen-bond donors (Lipinski definition) is 2. The van der Waals surface area contributed by atoms with Crippen molar-refractivity contribution in [1.82, 2.24) is 0 Å². The molecule has 182 valence electrons. The minimum Gasteiger partial charge on any atom is -0.390 e. The molecule has 0 radical (unpaired) electrons. The molecule has 0 saturated heterocycles. The Morgan fingerprint density at radius 2 is 1.71 bits per heavy atom. The molecule has 0 aliphatic heterocycles. The molecule has 9 atom stereocenters. The van der Waals surface area contributed by atoms with Gasteiger partial charge in [-0.1, -0.05) is 21.3 Å². The number of methoxy groups -OCH3 is 1. The van der Waals surface area contributed by atoms with Gasteiger partial charge in [-0.15, -0.1) is 0 Å². The highest BCUT2D eigenvalue weighted by Gasteiger charge is 2.58. The summed E-state index contributed by atoms with van der Waals surface area (Å²) in [5.74, 6) is 5.85. The molecule has 31 heavy (non-hydrogen) atoms. The van der Waals surface area contributed by atoms with Gasteiger partial charge in [-0.3, -0.25) is 0 Å². The van der Waals surface area contributed by atoms with Crippen molar-refractivity contribution in [3.63, 3.8) is 0 Å². The summed E-state index contributed by atoms with van der Waals surface area (Å²) in [5, 5.41) is 21.2. The molecule has 0 unspecified atom stereocenters. The minimum absolute atomic E-state index is 0. The summed E-state index contributed by atoms with van der Waals surface area (Å²) in [6.45, 7) is 9.53. The van der Waals surface area contributed by atoms with Crippen LogP contribution < -0.4 is 0 Å². The van der Waals surface area contributed by atoms with Gasteiger partial charge < -0.3 is 14.9 Å². The molecule has 0 aromatic rings. The molecular weight excluding hydrogens is 384 g/mol. The molecule has 0 aromatic carbocycles. The van der Waals surface area contributed by atoms with E-state index < -0.39 is 11.2 Å². The molecule has 3 nitrogen and oxygen atoms in total. The van der Waals surface area contributed by atoms with Crippen LogP contribution in [0.25, 0.3) is 0 Å². The van der Waals surface area contributed by atoms with Crippen molar-refractivity contribution in [2.45, 2.75) is 117 Å². The molecule has 0 heterocycles. The molecule has 0 bridgehead atoms. The van der Waals surface area contributed by atoms with E-state index in [0.717, 1.165) is 61.2 Å². The molecule has 0 spiro atoms. The van der Waals surface area contributed by atoms with Gasteiger partial charge in [0.25, 0.3) is 0 Å². The Hall–Kier alpha value is -0.120. The van der Waals surface area contributed by atoms with Crippen molar-refractivity contribution in [2.24, 2.45) is 46.8 Å². The Morgan fingerprint density at radius 1 is 1.00 bits per heavy atom. The van der Waals surface area contributed by atoms with Gasteiger partial charge in [0.1, 0.15) is 0 Å². The third kappa shape index (κ3) is 4.90. The van der Waals surface area contributed by atoms with Gasteiger partial charge in [0, 0.05) is 7.11 Å². The molecule has 4 fully saturated rings. The molecule has 4 rings (SSSR count). The van der Waals surface area contributed by atoms with Crippen LogP contribution in [-0.2, 0) is 4.74 Å². The SMILES string of the molecule is C.COC[C@@]1(O)CC[C@H]2[C@@H](CC[C@@H]3[C@@H]2CC[C@]2(C)[C@@H]([C@H](C)CCC(C)(C)O)CC[C@@H]32)C1.